The predicted octanol–water partition coefficient (Wildman–Crippen LogP) is 4.93. The van der Waals surface area contributed by atoms with E-state index in [1.807, 2.05) is 0 Å². The summed E-state index contributed by atoms with van der Waals surface area (Å²) in [6.07, 6.45) is 4.42. The molecule has 0 aromatic carbocycles. The number of halogens is 3. The van der Waals surface area contributed by atoms with Gasteiger partial charge in [0.2, 0.25) is 5.91 Å². The molecule has 1 heterocycles. The number of alkyl halides is 3. The van der Waals surface area contributed by atoms with Crippen molar-refractivity contribution in [1.29, 1.82) is 0 Å². The third-order valence-electron chi connectivity index (χ3n) is 6.94. The molecule has 4 rings (SSSR count). The van der Waals surface area contributed by atoms with Crippen LogP contribution in [-0.4, -0.2) is 32.5 Å². The lowest BCUT2D eigenvalue weighted by Gasteiger charge is -2.66. The van der Waals surface area contributed by atoms with Crippen LogP contribution in [0.25, 0.3) is 0 Å². The molecule has 0 aromatic heterocycles. The van der Waals surface area contributed by atoms with Crippen LogP contribution in [0.5, 0.6) is 0 Å². The fourth-order valence-electron chi connectivity index (χ4n) is 5.16. The number of piperidine rings is 1. The molecule has 1 amide bonds. The van der Waals surface area contributed by atoms with Crippen molar-refractivity contribution in [2.24, 2.45) is 22.2 Å². The molecule has 1 aliphatic heterocycles. The zero-order valence-corrected chi connectivity index (χ0v) is 17.7. The largest absolute Gasteiger partial charge is 0.342 e. The molecule has 1 saturated heterocycles. The standard InChI is InChI=1S/C16H24Br3NO/c1-10-4-8-20(9-5-10)13(21)16-7-6-15(11(16)17,12(18)19)14(16,2)3/h10-12H,4-9H2,1-3H3/t11-,15+,16+/m0/s1. The van der Waals surface area contributed by atoms with Crippen molar-refractivity contribution in [3.63, 3.8) is 0 Å². The van der Waals surface area contributed by atoms with E-state index in [0.717, 1.165) is 44.7 Å². The molecule has 3 aliphatic carbocycles. The van der Waals surface area contributed by atoms with Gasteiger partial charge in [0.1, 0.15) is 0 Å². The first-order valence-electron chi connectivity index (χ1n) is 7.93. The minimum absolute atomic E-state index is 0.0198. The molecular formula is C16H24Br3NO. The third kappa shape index (κ3) is 1.83. The smallest absolute Gasteiger partial charge is 0.230 e. The summed E-state index contributed by atoms with van der Waals surface area (Å²) in [4.78, 5) is 15.7. The van der Waals surface area contributed by atoms with Crippen molar-refractivity contribution >= 4 is 53.7 Å². The number of hydrogen-bond donors (Lipinski definition) is 0. The Labute approximate surface area is 153 Å². The van der Waals surface area contributed by atoms with E-state index in [-0.39, 0.29) is 24.8 Å². The van der Waals surface area contributed by atoms with Crippen LogP contribution in [0.2, 0.25) is 0 Å². The topological polar surface area (TPSA) is 20.3 Å². The number of amides is 1. The quantitative estimate of drug-likeness (QED) is 0.508. The second kappa shape index (κ2) is 5.20. The second-order valence-corrected chi connectivity index (χ2v) is 11.8. The van der Waals surface area contributed by atoms with Crippen molar-refractivity contribution in [2.75, 3.05) is 13.1 Å². The lowest BCUT2D eigenvalue weighted by atomic mass is 9.43. The van der Waals surface area contributed by atoms with Gasteiger partial charge in [0.25, 0.3) is 0 Å². The van der Waals surface area contributed by atoms with Gasteiger partial charge in [-0.2, -0.15) is 0 Å². The van der Waals surface area contributed by atoms with E-state index in [0.29, 0.717) is 5.91 Å². The molecule has 120 valence electrons. The molecule has 4 aliphatic rings. The Balaban J connectivity index is 1.88. The monoisotopic (exact) mass is 483 g/mol. The Morgan fingerprint density at radius 1 is 1.19 bits per heavy atom. The van der Waals surface area contributed by atoms with E-state index in [1.54, 1.807) is 0 Å². The van der Waals surface area contributed by atoms with E-state index < -0.39 is 0 Å². The summed E-state index contributed by atoms with van der Waals surface area (Å²) in [7, 11) is 0. The third-order valence-corrected chi connectivity index (χ3v) is 10.2. The molecule has 0 N–H and O–H groups in total. The number of rotatable bonds is 2. The highest BCUT2D eigenvalue weighted by Crippen LogP contribution is 2.82. The lowest BCUT2D eigenvalue weighted by Crippen LogP contribution is -2.72. The minimum Gasteiger partial charge on any atom is -0.342 e. The SMILES string of the molecule is CC1CCN(C(=O)[C@@]23CC[C@](C(Br)Br)([C@@H]2Br)C3(C)C)CC1. The normalized spacial score (nSPS) is 42.2. The summed E-state index contributed by atoms with van der Waals surface area (Å²) in [5, 5.41) is 0. The molecule has 5 heteroatoms. The fraction of sp³-hybridized carbons (Fsp3) is 0.938. The van der Waals surface area contributed by atoms with E-state index in [1.165, 1.54) is 0 Å². The highest BCUT2D eigenvalue weighted by Gasteiger charge is 2.83. The van der Waals surface area contributed by atoms with Crippen molar-refractivity contribution in [1.82, 2.24) is 4.90 Å². The highest BCUT2D eigenvalue weighted by atomic mass is 79.9. The number of hydrogen-bond acceptors (Lipinski definition) is 1. The van der Waals surface area contributed by atoms with Gasteiger partial charge >= 0.3 is 0 Å². The molecule has 0 radical (unpaired) electrons. The molecule has 21 heavy (non-hydrogen) atoms. The average Bonchev–Trinajstić information content (AvgIpc) is 2.88. The molecule has 0 spiro atoms. The summed E-state index contributed by atoms with van der Waals surface area (Å²) >= 11 is 11.4. The molecular weight excluding hydrogens is 462 g/mol. The van der Waals surface area contributed by atoms with Crippen LogP contribution in [0, 0.1) is 22.2 Å². The van der Waals surface area contributed by atoms with Gasteiger partial charge in [-0.1, -0.05) is 68.6 Å². The summed E-state index contributed by atoms with van der Waals surface area (Å²) in [6.45, 7) is 8.75. The van der Waals surface area contributed by atoms with Crippen LogP contribution in [0.15, 0.2) is 0 Å². The molecule has 0 aromatic rings. The molecule has 4 fully saturated rings. The van der Waals surface area contributed by atoms with E-state index >= 15 is 0 Å². The van der Waals surface area contributed by atoms with Crippen molar-refractivity contribution in [3.05, 3.63) is 0 Å². The predicted molar refractivity (Wildman–Crippen MR) is 97.2 cm³/mol. The van der Waals surface area contributed by atoms with Crippen LogP contribution in [0.4, 0.5) is 0 Å². The van der Waals surface area contributed by atoms with Gasteiger partial charge in [0.15, 0.2) is 0 Å². The molecule has 3 saturated carbocycles. The Bertz CT molecular complexity index is 458. The first-order valence-corrected chi connectivity index (χ1v) is 10.7. The van der Waals surface area contributed by atoms with Gasteiger partial charge < -0.3 is 4.90 Å². The highest BCUT2D eigenvalue weighted by molar-refractivity contribution is 9.24. The summed E-state index contributed by atoms with van der Waals surface area (Å²) in [5.74, 6) is 1.16. The van der Waals surface area contributed by atoms with Crippen LogP contribution in [0.1, 0.15) is 46.5 Å². The van der Waals surface area contributed by atoms with Crippen LogP contribution >= 0.6 is 47.8 Å². The van der Waals surface area contributed by atoms with Crippen molar-refractivity contribution < 1.29 is 4.79 Å². The Hall–Kier alpha value is 0.910. The maximum Gasteiger partial charge on any atom is 0.230 e. The average molecular weight is 486 g/mol. The first-order chi connectivity index (χ1) is 9.71. The number of likely N-dealkylation sites (tertiary alicyclic amines) is 1. The van der Waals surface area contributed by atoms with Crippen molar-refractivity contribution in [3.8, 4) is 0 Å². The van der Waals surface area contributed by atoms with Gasteiger partial charge in [-0.25, -0.2) is 0 Å². The minimum atomic E-state index is -0.215. The van der Waals surface area contributed by atoms with Crippen molar-refractivity contribution in [2.45, 2.75) is 55.0 Å². The molecule has 2 bridgehead atoms. The number of fused-ring (bicyclic) bond motifs is 1. The van der Waals surface area contributed by atoms with Crippen LogP contribution in [-0.2, 0) is 4.79 Å². The van der Waals surface area contributed by atoms with E-state index in [9.17, 15) is 4.79 Å². The summed E-state index contributed by atoms with van der Waals surface area (Å²) in [6, 6.07) is 0. The molecule has 3 atom stereocenters. The van der Waals surface area contributed by atoms with Crippen LogP contribution in [0.3, 0.4) is 0 Å². The zero-order chi connectivity index (χ0) is 15.6. The maximum absolute atomic E-state index is 13.3. The number of nitrogens with zero attached hydrogens (tertiary/aromatic N) is 1. The van der Waals surface area contributed by atoms with Gasteiger partial charge in [-0.3, -0.25) is 4.79 Å². The first kappa shape index (κ1) is 16.8. The zero-order valence-electron chi connectivity index (χ0n) is 13.0. The molecule has 0 unspecified atom stereocenters. The summed E-state index contributed by atoms with van der Waals surface area (Å²) < 4.78 is 0.252. The van der Waals surface area contributed by atoms with Gasteiger partial charge in [-0.05, 0) is 37.0 Å². The van der Waals surface area contributed by atoms with Gasteiger partial charge in [0.05, 0.1) is 9.15 Å². The fourth-order valence-corrected chi connectivity index (χ4v) is 10.1. The lowest BCUT2D eigenvalue weighted by molar-refractivity contribution is -0.174. The number of carbonyl (C=O) groups excluding carboxylic acids is 1. The Kier molecular flexibility index (Phi) is 4.15. The van der Waals surface area contributed by atoms with Crippen LogP contribution < -0.4 is 0 Å². The molecule has 2 nitrogen and oxygen atoms in total. The van der Waals surface area contributed by atoms with E-state index in [4.69, 9.17) is 0 Å². The summed E-state index contributed by atoms with van der Waals surface area (Å²) in [5.41, 5.74) is -0.0644. The van der Waals surface area contributed by atoms with Gasteiger partial charge in [0, 0.05) is 23.3 Å². The Morgan fingerprint density at radius 2 is 1.76 bits per heavy atom. The second-order valence-electron chi connectivity index (χ2n) is 7.77. The maximum atomic E-state index is 13.3. The number of carbonyl (C=O) groups is 1. The van der Waals surface area contributed by atoms with E-state index in [2.05, 4.69) is 73.5 Å². The Morgan fingerprint density at radius 3 is 2.19 bits per heavy atom. The van der Waals surface area contributed by atoms with Gasteiger partial charge in [-0.15, -0.1) is 0 Å².